The van der Waals surface area contributed by atoms with E-state index in [-0.39, 0.29) is 0 Å². The third kappa shape index (κ3) is 5.96. The van der Waals surface area contributed by atoms with Crippen LogP contribution in [0.4, 0.5) is 17.1 Å². The summed E-state index contributed by atoms with van der Waals surface area (Å²) >= 11 is 0. The first-order chi connectivity index (χ1) is 30.8. The van der Waals surface area contributed by atoms with Crippen LogP contribution in [0.5, 0.6) is 0 Å². The molecule has 0 aliphatic carbocycles. The first-order valence-electron chi connectivity index (χ1n) is 21.3. The molecule has 1 aromatic heterocycles. The van der Waals surface area contributed by atoms with Gasteiger partial charge in [-0.15, -0.1) is 0 Å². The summed E-state index contributed by atoms with van der Waals surface area (Å²) in [5.74, 6) is 0. The molecule has 12 aromatic rings. The molecule has 0 bridgehead atoms. The van der Waals surface area contributed by atoms with Crippen molar-refractivity contribution >= 4 is 71.2 Å². The van der Waals surface area contributed by atoms with E-state index in [1.165, 1.54) is 87.5 Å². The zero-order chi connectivity index (χ0) is 41.0. The Morgan fingerprint density at radius 2 is 0.645 bits per heavy atom. The summed E-state index contributed by atoms with van der Waals surface area (Å²) in [5.41, 5.74) is 14.2. The van der Waals surface area contributed by atoms with Gasteiger partial charge in [-0.05, 0) is 132 Å². The number of rotatable bonds is 7. The molecule has 2 nitrogen and oxygen atoms in total. The Kier molecular flexibility index (Phi) is 8.53. The fourth-order valence-corrected chi connectivity index (χ4v) is 9.70. The minimum Gasteiger partial charge on any atom is -0.311 e. The average Bonchev–Trinajstić information content (AvgIpc) is 3.68. The van der Waals surface area contributed by atoms with Gasteiger partial charge >= 0.3 is 0 Å². The molecule has 0 aliphatic heterocycles. The molecule has 290 valence electrons. The number of anilines is 3. The van der Waals surface area contributed by atoms with Crippen molar-refractivity contribution in [1.29, 1.82) is 0 Å². The lowest BCUT2D eigenvalue weighted by atomic mass is 9.85. The zero-order valence-electron chi connectivity index (χ0n) is 34.0. The lowest BCUT2D eigenvalue weighted by Gasteiger charge is -2.26. The van der Waals surface area contributed by atoms with Gasteiger partial charge in [0, 0.05) is 33.5 Å². The molecule has 0 atom stereocenters. The second-order valence-electron chi connectivity index (χ2n) is 16.1. The Morgan fingerprint density at radius 1 is 0.258 bits per heavy atom. The maximum absolute atomic E-state index is 2.37. The quantitative estimate of drug-likeness (QED) is 0.146. The second kappa shape index (κ2) is 14.8. The number of hydrogen-bond donors (Lipinski definition) is 0. The molecule has 0 radical (unpaired) electrons. The smallest absolute Gasteiger partial charge is 0.0541 e. The highest BCUT2D eigenvalue weighted by molar-refractivity contribution is 6.21. The van der Waals surface area contributed by atoms with Gasteiger partial charge in [-0.25, -0.2) is 0 Å². The van der Waals surface area contributed by atoms with Crippen LogP contribution in [0.1, 0.15) is 0 Å². The molecule has 0 spiro atoms. The molecular weight excluding hydrogens is 749 g/mol. The van der Waals surface area contributed by atoms with Crippen LogP contribution in [0, 0.1) is 0 Å². The van der Waals surface area contributed by atoms with E-state index < -0.39 is 0 Å². The van der Waals surface area contributed by atoms with Crippen molar-refractivity contribution < 1.29 is 0 Å². The maximum Gasteiger partial charge on any atom is 0.0541 e. The summed E-state index contributed by atoms with van der Waals surface area (Å²) in [7, 11) is 0. The average molecular weight is 789 g/mol. The van der Waals surface area contributed by atoms with Crippen molar-refractivity contribution in [2.24, 2.45) is 0 Å². The van der Waals surface area contributed by atoms with E-state index in [0.717, 1.165) is 22.7 Å². The number of fused-ring (bicyclic) bond motifs is 6. The molecule has 0 aliphatic rings. The van der Waals surface area contributed by atoms with Gasteiger partial charge in [0.1, 0.15) is 0 Å². The Morgan fingerprint density at radius 3 is 1.21 bits per heavy atom. The van der Waals surface area contributed by atoms with Gasteiger partial charge in [0.25, 0.3) is 0 Å². The van der Waals surface area contributed by atoms with E-state index in [4.69, 9.17) is 0 Å². The van der Waals surface area contributed by atoms with Crippen LogP contribution in [0.2, 0.25) is 0 Å². The molecule has 0 amide bonds. The Labute approximate surface area is 360 Å². The predicted molar refractivity (Wildman–Crippen MR) is 264 cm³/mol. The summed E-state index contributed by atoms with van der Waals surface area (Å²) < 4.78 is 2.37. The monoisotopic (exact) mass is 788 g/mol. The highest BCUT2D eigenvalue weighted by Gasteiger charge is 2.18. The largest absolute Gasteiger partial charge is 0.311 e. The Hall–Kier alpha value is -8.20. The summed E-state index contributed by atoms with van der Waals surface area (Å²) in [5, 5.41) is 10.1. The van der Waals surface area contributed by atoms with E-state index in [0.29, 0.717) is 0 Å². The van der Waals surface area contributed by atoms with Gasteiger partial charge in [0.15, 0.2) is 0 Å². The molecule has 0 saturated heterocycles. The van der Waals surface area contributed by atoms with Crippen LogP contribution in [0.15, 0.2) is 243 Å². The third-order valence-electron chi connectivity index (χ3n) is 12.6. The van der Waals surface area contributed by atoms with Gasteiger partial charge < -0.3 is 9.47 Å². The number of aromatic nitrogens is 1. The second-order valence-corrected chi connectivity index (χ2v) is 16.1. The predicted octanol–water partition coefficient (Wildman–Crippen LogP) is 16.7. The lowest BCUT2D eigenvalue weighted by Crippen LogP contribution is -2.10. The van der Waals surface area contributed by atoms with Gasteiger partial charge in [0.05, 0.1) is 11.0 Å². The SMILES string of the molecule is c1ccc(N(c2ccc(-c3ccc(-c4c5ccccc5c(-c5ccc6ccccc6c5)c5ccccc45)cc3)cc2)c2ccc(-n3c4ccccc4c4ccccc43)cc2)cc1. The lowest BCUT2D eigenvalue weighted by molar-refractivity contribution is 1.17. The molecule has 11 aromatic carbocycles. The highest BCUT2D eigenvalue weighted by Crippen LogP contribution is 2.45. The Bertz CT molecular complexity index is 3490. The van der Waals surface area contributed by atoms with E-state index in [1.54, 1.807) is 0 Å². The number of para-hydroxylation sites is 3. The van der Waals surface area contributed by atoms with Gasteiger partial charge in [0.2, 0.25) is 0 Å². The maximum atomic E-state index is 2.37. The Balaban J connectivity index is 0.893. The molecule has 62 heavy (non-hydrogen) atoms. The molecule has 0 saturated carbocycles. The van der Waals surface area contributed by atoms with Crippen molar-refractivity contribution in [3.8, 4) is 39.1 Å². The highest BCUT2D eigenvalue weighted by atomic mass is 15.1. The zero-order valence-corrected chi connectivity index (χ0v) is 34.0. The van der Waals surface area contributed by atoms with Crippen LogP contribution in [-0.2, 0) is 0 Å². The number of hydrogen-bond acceptors (Lipinski definition) is 1. The van der Waals surface area contributed by atoms with Crippen LogP contribution in [-0.4, -0.2) is 4.57 Å². The van der Waals surface area contributed by atoms with Crippen molar-refractivity contribution in [3.05, 3.63) is 243 Å². The molecular formula is C60H40N2. The molecule has 2 heteroatoms. The third-order valence-corrected chi connectivity index (χ3v) is 12.6. The van der Waals surface area contributed by atoms with Crippen LogP contribution >= 0.6 is 0 Å². The standard InChI is InChI=1S/C60H40N2/c1-2-16-47(17-3-1)61(49-36-38-50(39-37-49)62-57-24-12-10-18-51(57)52-19-11-13-25-58(52)62)48-34-32-43(33-35-48)42-26-29-44(30-27-42)59-53-20-6-8-22-55(53)60(56-23-9-7-21-54(56)59)46-31-28-41-14-4-5-15-45(41)40-46/h1-40H. The summed E-state index contributed by atoms with van der Waals surface area (Å²) in [6, 6.07) is 88.3. The topological polar surface area (TPSA) is 8.17 Å². The van der Waals surface area contributed by atoms with Crippen LogP contribution in [0.25, 0.3) is 93.2 Å². The summed E-state index contributed by atoms with van der Waals surface area (Å²) in [6.07, 6.45) is 0. The van der Waals surface area contributed by atoms with Gasteiger partial charge in [-0.3, -0.25) is 0 Å². The normalized spacial score (nSPS) is 11.5. The van der Waals surface area contributed by atoms with Crippen molar-refractivity contribution in [1.82, 2.24) is 4.57 Å². The molecule has 0 N–H and O–H groups in total. The molecule has 0 unspecified atom stereocenters. The van der Waals surface area contributed by atoms with Crippen molar-refractivity contribution in [2.45, 2.75) is 0 Å². The first-order valence-corrected chi connectivity index (χ1v) is 21.3. The molecule has 1 heterocycles. The minimum atomic E-state index is 1.10. The van der Waals surface area contributed by atoms with Gasteiger partial charge in [-0.1, -0.05) is 176 Å². The number of benzene rings is 11. The van der Waals surface area contributed by atoms with E-state index in [2.05, 4.69) is 252 Å². The van der Waals surface area contributed by atoms with Crippen LogP contribution < -0.4 is 4.90 Å². The van der Waals surface area contributed by atoms with E-state index in [9.17, 15) is 0 Å². The molecule has 12 rings (SSSR count). The van der Waals surface area contributed by atoms with E-state index >= 15 is 0 Å². The minimum absolute atomic E-state index is 1.10. The fourth-order valence-electron chi connectivity index (χ4n) is 9.70. The fraction of sp³-hybridized carbons (Fsp3) is 0. The first kappa shape index (κ1) is 35.7. The van der Waals surface area contributed by atoms with E-state index in [1.807, 2.05) is 0 Å². The van der Waals surface area contributed by atoms with Crippen molar-refractivity contribution in [3.63, 3.8) is 0 Å². The van der Waals surface area contributed by atoms with Gasteiger partial charge in [-0.2, -0.15) is 0 Å². The summed E-state index contributed by atoms with van der Waals surface area (Å²) in [4.78, 5) is 2.33. The van der Waals surface area contributed by atoms with Crippen molar-refractivity contribution in [2.75, 3.05) is 4.90 Å². The molecule has 0 fully saturated rings. The summed E-state index contributed by atoms with van der Waals surface area (Å²) in [6.45, 7) is 0. The van der Waals surface area contributed by atoms with Crippen LogP contribution in [0.3, 0.4) is 0 Å². The number of nitrogens with zero attached hydrogens (tertiary/aromatic N) is 2.